The molecule has 0 aromatic rings. The zero-order chi connectivity index (χ0) is 18.2. The van der Waals surface area contributed by atoms with E-state index in [0.29, 0.717) is 37.8 Å². The van der Waals surface area contributed by atoms with Crippen LogP contribution in [0.4, 0.5) is 4.79 Å². The van der Waals surface area contributed by atoms with Crippen LogP contribution < -0.4 is 11.1 Å². The minimum Gasteiger partial charge on any atom is -0.338 e. The van der Waals surface area contributed by atoms with Gasteiger partial charge in [0.05, 0.1) is 0 Å². The minimum absolute atomic E-state index is 0. The number of hydrogen-bond acceptors (Lipinski definition) is 4. The van der Waals surface area contributed by atoms with E-state index in [9.17, 15) is 14.4 Å². The fourth-order valence-corrected chi connectivity index (χ4v) is 4.62. The number of amides is 4. The summed E-state index contributed by atoms with van der Waals surface area (Å²) in [4.78, 5) is 40.8. The number of nitrogens with zero attached hydrogens (tertiary/aromatic N) is 2. The zero-order valence-corrected chi connectivity index (χ0v) is 16.5. The van der Waals surface area contributed by atoms with Gasteiger partial charge in [0.25, 0.3) is 5.91 Å². The van der Waals surface area contributed by atoms with Crippen LogP contribution in [0.1, 0.15) is 52.4 Å². The standard InChI is InChI=1S/C18H30N4O3.ClH/c1-3-13-4-6-18(7-5-13)16(24)22(17(25)20-18)11-15(23)21-10-14(9-19)8-12(21)2;/h12-14H,3-11,19H2,1-2H3,(H,20,25);1H. The molecule has 2 aliphatic heterocycles. The van der Waals surface area contributed by atoms with Gasteiger partial charge >= 0.3 is 6.03 Å². The van der Waals surface area contributed by atoms with Crippen LogP contribution in [0.5, 0.6) is 0 Å². The lowest BCUT2D eigenvalue weighted by Crippen LogP contribution is -2.50. The van der Waals surface area contributed by atoms with Crippen LogP contribution in [-0.2, 0) is 9.59 Å². The number of hydrogen-bond donors (Lipinski definition) is 2. The van der Waals surface area contributed by atoms with Crippen molar-refractivity contribution in [1.82, 2.24) is 15.1 Å². The predicted octanol–water partition coefficient (Wildman–Crippen LogP) is 1.49. The van der Waals surface area contributed by atoms with Crippen molar-refractivity contribution in [3.63, 3.8) is 0 Å². The molecule has 8 heteroatoms. The second-order valence-electron chi connectivity index (χ2n) is 7.99. The Hall–Kier alpha value is -1.34. The summed E-state index contributed by atoms with van der Waals surface area (Å²) in [6, 6.07) is -0.314. The molecule has 1 spiro atoms. The molecule has 0 aromatic heterocycles. The van der Waals surface area contributed by atoms with Crippen molar-refractivity contribution in [3.05, 3.63) is 0 Å². The van der Waals surface area contributed by atoms with E-state index < -0.39 is 11.6 Å². The average Bonchev–Trinajstić information content (AvgIpc) is 3.09. The highest BCUT2D eigenvalue weighted by Gasteiger charge is 2.53. The Morgan fingerprint density at radius 1 is 1.27 bits per heavy atom. The van der Waals surface area contributed by atoms with Crippen molar-refractivity contribution < 1.29 is 14.4 Å². The molecule has 2 saturated heterocycles. The van der Waals surface area contributed by atoms with Gasteiger partial charge in [0.15, 0.2) is 0 Å². The van der Waals surface area contributed by atoms with E-state index in [2.05, 4.69) is 12.2 Å². The topological polar surface area (TPSA) is 95.7 Å². The predicted molar refractivity (Wildman–Crippen MR) is 101 cm³/mol. The van der Waals surface area contributed by atoms with Crippen molar-refractivity contribution in [1.29, 1.82) is 0 Å². The number of urea groups is 1. The molecule has 2 heterocycles. The van der Waals surface area contributed by atoms with Crippen LogP contribution in [0.25, 0.3) is 0 Å². The molecule has 26 heavy (non-hydrogen) atoms. The molecular weight excluding hydrogens is 356 g/mol. The van der Waals surface area contributed by atoms with Gasteiger partial charge in [-0.1, -0.05) is 13.3 Å². The lowest BCUT2D eigenvalue weighted by Gasteiger charge is -2.34. The third kappa shape index (κ3) is 3.69. The molecule has 0 bridgehead atoms. The largest absolute Gasteiger partial charge is 0.338 e. The first-order valence-corrected chi connectivity index (χ1v) is 9.53. The lowest BCUT2D eigenvalue weighted by molar-refractivity contribution is -0.140. The van der Waals surface area contributed by atoms with E-state index >= 15 is 0 Å². The van der Waals surface area contributed by atoms with E-state index in [1.807, 2.05) is 6.92 Å². The molecule has 0 aromatic carbocycles. The number of nitrogens with one attached hydrogen (secondary N) is 1. The Balaban J connectivity index is 0.00000243. The number of halogens is 1. The summed E-state index contributed by atoms with van der Waals surface area (Å²) in [6.07, 6.45) is 5.24. The number of rotatable bonds is 4. The maximum Gasteiger partial charge on any atom is 0.325 e. The molecular formula is C18H31ClN4O3. The highest BCUT2D eigenvalue weighted by molar-refractivity contribution is 6.09. The molecule has 3 N–H and O–H groups in total. The first kappa shape index (κ1) is 21.0. The van der Waals surface area contributed by atoms with Crippen molar-refractivity contribution in [2.24, 2.45) is 17.6 Å². The number of nitrogens with two attached hydrogens (primary N) is 1. The maximum absolute atomic E-state index is 12.9. The smallest absolute Gasteiger partial charge is 0.325 e. The second-order valence-corrected chi connectivity index (χ2v) is 7.99. The van der Waals surface area contributed by atoms with Gasteiger partial charge < -0.3 is 16.0 Å². The molecule has 2 atom stereocenters. The molecule has 7 nitrogen and oxygen atoms in total. The summed E-state index contributed by atoms with van der Waals surface area (Å²) >= 11 is 0. The number of imide groups is 1. The Morgan fingerprint density at radius 2 is 1.92 bits per heavy atom. The van der Waals surface area contributed by atoms with E-state index in [1.54, 1.807) is 4.90 Å². The first-order chi connectivity index (χ1) is 11.9. The van der Waals surface area contributed by atoms with Gasteiger partial charge in [0.1, 0.15) is 12.1 Å². The molecule has 1 saturated carbocycles. The fourth-order valence-electron chi connectivity index (χ4n) is 4.62. The molecule has 3 rings (SSSR count). The van der Waals surface area contributed by atoms with Crippen LogP contribution in [0.2, 0.25) is 0 Å². The normalized spacial score (nSPS) is 34.2. The highest BCUT2D eigenvalue weighted by Crippen LogP contribution is 2.37. The highest BCUT2D eigenvalue weighted by atomic mass is 35.5. The number of carbonyl (C=O) groups is 3. The molecule has 2 unspecified atom stereocenters. The summed E-state index contributed by atoms with van der Waals surface area (Å²) in [7, 11) is 0. The van der Waals surface area contributed by atoms with Gasteiger partial charge in [-0.05, 0) is 57.4 Å². The maximum atomic E-state index is 12.9. The Morgan fingerprint density at radius 3 is 2.46 bits per heavy atom. The van der Waals surface area contributed by atoms with Gasteiger partial charge in [-0.15, -0.1) is 12.4 Å². The van der Waals surface area contributed by atoms with E-state index in [-0.39, 0.29) is 36.8 Å². The Kier molecular flexibility index (Phi) is 6.55. The third-order valence-electron chi connectivity index (χ3n) is 6.39. The molecule has 0 radical (unpaired) electrons. The van der Waals surface area contributed by atoms with Crippen LogP contribution in [0.3, 0.4) is 0 Å². The Labute approximate surface area is 161 Å². The van der Waals surface area contributed by atoms with E-state index in [4.69, 9.17) is 5.73 Å². The summed E-state index contributed by atoms with van der Waals surface area (Å²) < 4.78 is 0. The van der Waals surface area contributed by atoms with Gasteiger partial charge in [-0.2, -0.15) is 0 Å². The van der Waals surface area contributed by atoms with Crippen molar-refractivity contribution >= 4 is 30.3 Å². The van der Waals surface area contributed by atoms with E-state index in [1.165, 1.54) is 0 Å². The number of carbonyl (C=O) groups excluding carboxylic acids is 3. The summed E-state index contributed by atoms with van der Waals surface area (Å²) in [6.45, 7) is 5.16. The Bertz CT molecular complexity index is 563. The molecule has 1 aliphatic carbocycles. The zero-order valence-electron chi connectivity index (χ0n) is 15.7. The van der Waals surface area contributed by atoms with Crippen LogP contribution in [0, 0.1) is 11.8 Å². The third-order valence-corrected chi connectivity index (χ3v) is 6.39. The van der Waals surface area contributed by atoms with Crippen molar-refractivity contribution in [3.8, 4) is 0 Å². The van der Waals surface area contributed by atoms with Crippen LogP contribution >= 0.6 is 12.4 Å². The quantitative estimate of drug-likeness (QED) is 0.715. The van der Waals surface area contributed by atoms with Crippen molar-refractivity contribution in [2.75, 3.05) is 19.6 Å². The van der Waals surface area contributed by atoms with Gasteiger partial charge in [-0.25, -0.2) is 4.79 Å². The monoisotopic (exact) mass is 386 g/mol. The second kappa shape index (κ2) is 8.13. The summed E-state index contributed by atoms with van der Waals surface area (Å²) in [5, 5.41) is 2.89. The van der Waals surface area contributed by atoms with Gasteiger partial charge in [0, 0.05) is 12.6 Å². The van der Waals surface area contributed by atoms with Crippen LogP contribution in [0.15, 0.2) is 0 Å². The molecule has 3 fully saturated rings. The minimum atomic E-state index is -0.778. The van der Waals surface area contributed by atoms with Gasteiger partial charge in [-0.3, -0.25) is 14.5 Å². The molecule has 148 valence electrons. The average molecular weight is 387 g/mol. The summed E-state index contributed by atoms with van der Waals surface area (Å²) in [5.74, 6) is 0.552. The number of likely N-dealkylation sites (tertiary alicyclic amines) is 1. The van der Waals surface area contributed by atoms with Crippen molar-refractivity contribution in [2.45, 2.75) is 64.0 Å². The van der Waals surface area contributed by atoms with E-state index in [0.717, 1.165) is 30.6 Å². The van der Waals surface area contributed by atoms with Crippen LogP contribution in [-0.4, -0.2) is 58.9 Å². The lowest BCUT2D eigenvalue weighted by atomic mass is 9.75. The summed E-state index contributed by atoms with van der Waals surface area (Å²) in [5.41, 5.74) is 4.94. The first-order valence-electron chi connectivity index (χ1n) is 9.53. The fraction of sp³-hybridized carbons (Fsp3) is 0.833. The van der Waals surface area contributed by atoms with Gasteiger partial charge in [0.2, 0.25) is 5.91 Å². The molecule has 4 amide bonds. The SMILES string of the molecule is CCC1CCC2(CC1)NC(=O)N(CC(=O)N1CC(CN)CC1C)C2=O.Cl. The molecule has 3 aliphatic rings.